The summed E-state index contributed by atoms with van der Waals surface area (Å²) in [6.45, 7) is 3.50. The van der Waals surface area contributed by atoms with E-state index in [4.69, 9.17) is 32.3 Å². The van der Waals surface area contributed by atoms with Gasteiger partial charge in [0.15, 0.2) is 11.5 Å². The minimum Gasteiger partial charge on any atom is -0.493 e. The van der Waals surface area contributed by atoms with Crippen LogP contribution in [0.1, 0.15) is 44.8 Å². The molecule has 1 atom stereocenters. The molecule has 0 spiro atoms. The Labute approximate surface area is 215 Å². The van der Waals surface area contributed by atoms with Crippen LogP contribution in [0.5, 0.6) is 11.5 Å². The lowest BCUT2D eigenvalue weighted by Gasteiger charge is -2.24. The Kier molecular flexibility index (Phi) is 10.8. The van der Waals surface area contributed by atoms with Crippen molar-refractivity contribution in [3.63, 3.8) is 0 Å². The number of imide groups is 1. The summed E-state index contributed by atoms with van der Waals surface area (Å²) in [6, 6.07) is 2.97. The van der Waals surface area contributed by atoms with E-state index >= 15 is 0 Å². The molecule has 1 heterocycles. The van der Waals surface area contributed by atoms with Crippen molar-refractivity contribution in [1.29, 1.82) is 0 Å². The van der Waals surface area contributed by atoms with Gasteiger partial charge in [-0.2, -0.15) is 0 Å². The van der Waals surface area contributed by atoms with Crippen LogP contribution >= 0.6 is 0 Å². The van der Waals surface area contributed by atoms with Crippen molar-refractivity contribution >= 4 is 32.5 Å². The number of hydrogen-bond acceptors (Lipinski definition) is 12. The number of carbonyl (C=O) groups excluding carboxylic acids is 3. The van der Waals surface area contributed by atoms with E-state index in [1.54, 1.807) is 13.8 Å². The highest BCUT2D eigenvalue weighted by Crippen LogP contribution is 2.41. The van der Waals surface area contributed by atoms with Crippen molar-refractivity contribution in [1.82, 2.24) is 5.06 Å². The molecule has 0 bridgehead atoms. The molecule has 1 unspecified atom stereocenters. The molecular formula is C22H32N2O12Si. The number of methoxy groups -OCH3 is 1. The van der Waals surface area contributed by atoms with E-state index < -0.39 is 43.7 Å². The van der Waals surface area contributed by atoms with Gasteiger partial charge in [0.25, 0.3) is 17.5 Å². The Balaban J connectivity index is 2.25. The van der Waals surface area contributed by atoms with E-state index in [1.165, 1.54) is 40.6 Å². The first kappa shape index (κ1) is 30.0. The monoisotopic (exact) mass is 544 g/mol. The summed E-state index contributed by atoms with van der Waals surface area (Å²) < 4.78 is 32.5. The maximum atomic E-state index is 12.4. The highest BCUT2D eigenvalue weighted by atomic mass is 28.4. The van der Waals surface area contributed by atoms with Gasteiger partial charge in [-0.3, -0.25) is 24.5 Å². The van der Waals surface area contributed by atoms with E-state index in [2.05, 4.69) is 0 Å². The Morgan fingerprint density at radius 3 is 2.14 bits per heavy atom. The number of rotatable bonds is 14. The van der Waals surface area contributed by atoms with Crippen LogP contribution in [0.25, 0.3) is 0 Å². The first-order valence-electron chi connectivity index (χ1n) is 11.4. The topological polar surface area (TPSA) is 162 Å². The molecule has 1 aliphatic rings. The molecule has 37 heavy (non-hydrogen) atoms. The highest BCUT2D eigenvalue weighted by Gasteiger charge is 2.38. The van der Waals surface area contributed by atoms with Gasteiger partial charge in [0.1, 0.15) is 6.10 Å². The number of ether oxygens (including phenoxy) is 3. The largest absolute Gasteiger partial charge is 0.534 e. The van der Waals surface area contributed by atoms with Crippen LogP contribution in [0.3, 0.4) is 0 Å². The number of amides is 2. The second kappa shape index (κ2) is 13.3. The molecule has 0 saturated carbocycles. The van der Waals surface area contributed by atoms with E-state index in [1.807, 2.05) is 0 Å². The smallest absolute Gasteiger partial charge is 0.493 e. The van der Waals surface area contributed by atoms with Crippen molar-refractivity contribution in [2.24, 2.45) is 5.92 Å². The van der Waals surface area contributed by atoms with Crippen molar-refractivity contribution in [2.75, 3.05) is 35.0 Å². The average Bonchev–Trinajstić information content (AvgIpc) is 3.19. The molecule has 2 rings (SSSR count). The van der Waals surface area contributed by atoms with E-state index in [0.29, 0.717) is 17.5 Å². The molecule has 14 nitrogen and oxygen atoms in total. The highest BCUT2D eigenvalue weighted by molar-refractivity contribution is 6.60. The predicted octanol–water partition coefficient (Wildman–Crippen LogP) is 3.16. The molecule has 0 aromatic heterocycles. The number of nitrogens with zero attached hydrogens (tertiary/aromatic N) is 2. The molecule has 2 amide bonds. The minimum absolute atomic E-state index is 0.0183. The number of benzene rings is 1. The number of nitro groups is 1. The summed E-state index contributed by atoms with van der Waals surface area (Å²) in [5.74, 6) is -1.54. The third kappa shape index (κ3) is 7.38. The summed E-state index contributed by atoms with van der Waals surface area (Å²) in [5.41, 5.74) is -0.366. The first-order valence-corrected chi connectivity index (χ1v) is 13.3. The van der Waals surface area contributed by atoms with Crippen LogP contribution in [0, 0.1) is 16.0 Å². The van der Waals surface area contributed by atoms with Gasteiger partial charge in [0.05, 0.1) is 30.3 Å². The second-order valence-electron chi connectivity index (χ2n) is 8.27. The van der Waals surface area contributed by atoms with E-state index in [-0.39, 0.29) is 42.2 Å². The molecule has 1 aromatic rings. The summed E-state index contributed by atoms with van der Waals surface area (Å²) in [7, 11) is 3.04. The van der Waals surface area contributed by atoms with Gasteiger partial charge in [0, 0.05) is 40.2 Å². The van der Waals surface area contributed by atoms with Gasteiger partial charge in [-0.1, -0.05) is 18.9 Å². The molecule has 0 aliphatic carbocycles. The second-order valence-corrected chi connectivity index (χ2v) is 11.4. The van der Waals surface area contributed by atoms with Crippen LogP contribution in [0.15, 0.2) is 12.1 Å². The molecule has 1 aromatic carbocycles. The average molecular weight is 545 g/mol. The standard InChI is InChI=1S/C22H32N2O12Si/c1-14(2)21(35-22(27)36-23-19(25)8-9-20(23)26)15-12-17(30-3)18(13-16(15)24(28)29)34-10-7-11-37(31-4,32-5)33-6/h12-14,21H,7-11H2,1-6H3. The van der Waals surface area contributed by atoms with Crippen molar-refractivity contribution in [2.45, 2.75) is 45.3 Å². The van der Waals surface area contributed by atoms with Crippen LogP contribution in [0.2, 0.25) is 6.04 Å². The maximum absolute atomic E-state index is 12.4. The summed E-state index contributed by atoms with van der Waals surface area (Å²) >= 11 is 0. The number of carbonyl (C=O) groups is 3. The van der Waals surface area contributed by atoms with Gasteiger partial charge in [-0.25, -0.2) is 4.79 Å². The Hall–Kier alpha value is -3.27. The number of hydroxylamine groups is 2. The SMILES string of the molecule is COc1cc(C(OC(=O)ON2C(=O)CCC2=O)C(C)C)c([N+](=O)[O-])cc1OCCC[Si](OC)(OC)OC. The van der Waals surface area contributed by atoms with Crippen LogP contribution in [-0.2, 0) is 32.4 Å². The summed E-state index contributed by atoms with van der Waals surface area (Å²) in [5, 5.41) is 12.3. The molecule has 206 valence electrons. The molecule has 0 radical (unpaired) electrons. The van der Waals surface area contributed by atoms with Gasteiger partial charge in [-0.05, 0) is 18.4 Å². The number of nitro benzene ring substituents is 1. The third-order valence-electron chi connectivity index (χ3n) is 5.63. The zero-order chi connectivity index (χ0) is 27.8. The van der Waals surface area contributed by atoms with Gasteiger partial charge in [0.2, 0.25) is 0 Å². The fourth-order valence-corrected chi connectivity index (χ4v) is 5.36. The molecule has 1 fully saturated rings. The minimum atomic E-state index is -2.81. The fourth-order valence-electron chi connectivity index (χ4n) is 3.67. The van der Waals surface area contributed by atoms with E-state index in [0.717, 1.165) is 0 Å². The van der Waals surface area contributed by atoms with Crippen molar-refractivity contribution in [3.05, 3.63) is 27.8 Å². The molecule has 1 aliphatic heterocycles. The van der Waals surface area contributed by atoms with E-state index in [9.17, 15) is 24.5 Å². The molecule has 0 N–H and O–H groups in total. The van der Waals surface area contributed by atoms with Crippen molar-refractivity contribution < 1.29 is 51.6 Å². The van der Waals surface area contributed by atoms with Gasteiger partial charge < -0.3 is 27.5 Å². The summed E-state index contributed by atoms with van der Waals surface area (Å²) in [6.07, 6.45) is -2.22. The molecule has 15 heteroatoms. The molecule has 1 saturated heterocycles. The van der Waals surface area contributed by atoms with Crippen molar-refractivity contribution in [3.8, 4) is 11.5 Å². The zero-order valence-corrected chi connectivity index (χ0v) is 22.6. The molecular weight excluding hydrogens is 512 g/mol. The lowest BCUT2D eigenvalue weighted by atomic mass is 9.96. The van der Waals surface area contributed by atoms with Crippen LogP contribution in [0.4, 0.5) is 10.5 Å². The zero-order valence-electron chi connectivity index (χ0n) is 21.6. The Bertz CT molecular complexity index is 974. The lowest BCUT2D eigenvalue weighted by Crippen LogP contribution is -2.42. The van der Waals surface area contributed by atoms with Gasteiger partial charge in [-0.15, -0.1) is 0 Å². The van der Waals surface area contributed by atoms with Crippen LogP contribution < -0.4 is 9.47 Å². The van der Waals surface area contributed by atoms with Gasteiger partial charge >= 0.3 is 15.0 Å². The maximum Gasteiger partial charge on any atom is 0.534 e. The van der Waals surface area contributed by atoms with Crippen LogP contribution in [-0.4, -0.2) is 71.8 Å². The number of hydrogen-bond donors (Lipinski definition) is 0. The quantitative estimate of drug-likeness (QED) is 0.0841. The summed E-state index contributed by atoms with van der Waals surface area (Å²) in [4.78, 5) is 51.9. The Morgan fingerprint density at radius 2 is 1.65 bits per heavy atom. The third-order valence-corrected chi connectivity index (χ3v) is 8.47. The Morgan fingerprint density at radius 1 is 1.05 bits per heavy atom. The lowest BCUT2D eigenvalue weighted by molar-refractivity contribution is -0.386. The fraction of sp³-hybridized carbons (Fsp3) is 0.591. The normalized spacial score (nSPS) is 14.6. The first-order chi connectivity index (χ1) is 17.5. The predicted molar refractivity (Wildman–Crippen MR) is 128 cm³/mol.